The predicted molar refractivity (Wildman–Crippen MR) is 104 cm³/mol. The minimum Gasteiger partial charge on any atom is -0.371 e. The smallest absolute Gasteiger partial charge is 0.259 e. The van der Waals surface area contributed by atoms with Gasteiger partial charge in [-0.1, -0.05) is 44.3 Å². The summed E-state index contributed by atoms with van der Waals surface area (Å²) in [6.45, 7) is 1.71. The van der Waals surface area contributed by atoms with Crippen LogP contribution in [-0.2, 0) is 14.3 Å². The van der Waals surface area contributed by atoms with E-state index < -0.39 is 5.54 Å². The Hall–Kier alpha value is -2.15. The number of amides is 2. The van der Waals surface area contributed by atoms with Crippen molar-refractivity contribution in [1.29, 1.82) is 0 Å². The highest BCUT2D eigenvalue weighted by molar-refractivity contribution is 6.06. The van der Waals surface area contributed by atoms with E-state index in [0.717, 1.165) is 18.5 Å². The fourth-order valence-electron chi connectivity index (χ4n) is 4.18. The Balaban J connectivity index is 1.65. The van der Waals surface area contributed by atoms with Crippen molar-refractivity contribution in [2.75, 3.05) is 13.7 Å². The summed E-state index contributed by atoms with van der Waals surface area (Å²) < 4.78 is 6.08. The number of guanidine groups is 1. The Morgan fingerprint density at radius 1 is 1.41 bits per heavy atom. The summed E-state index contributed by atoms with van der Waals surface area (Å²) in [5, 5.41) is 2.76. The number of carbonyl (C=O) groups excluding carboxylic acids is 2. The topological polar surface area (TPSA) is 97.0 Å². The summed E-state index contributed by atoms with van der Waals surface area (Å²) in [7, 11) is 1.67. The van der Waals surface area contributed by atoms with E-state index in [1.807, 2.05) is 18.2 Å². The lowest BCUT2D eigenvalue weighted by molar-refractivity contribution is -0.134. The maximum Gasteiger partial charge on any atom is 0.259 e. The Labute approximate surface area is 160 Å². The zero-order valence-corrected chi connectivity index (χ0v) is 16.2. The molecular formula is C20H30N4O3. The van der Waals surface area contributed by atoms with Gasteiger partial charge in [0.2, 0.25) is 5.91 Å². The molecule has 0 aromatic carbocycles. The average Bonchev–Trinajstić information content (AvgIpc) is 2.86. The molecule has 27 heavy (non-hydrogen) atoms. The van der Waals surface area contributed by atoms with E-state index >= 15 is 0 Å². The van der Waals surface area contributed by atoms with Crippen LogP contribution in [0.2, 0.25) is 0 Å². The predicted octanol–water partition coefficient (Wildman–Crippen LogP) is 1.85. The van der Waals surface area contributed by atoms with Crippen LogP contribution in [0.1, 0.15) is 51.9 Å². The summed E-state index contributed by atoms with van der Waals surface area (Å²) >= 11 is 0. The van der Waals surface area contributed by atoms with Gasteiger partial charge in [-0.05, 0) is 24.8 Å². The van der Waals surface area contributed by atoms with Crippen molar-refractivity contribution in [2.24, 2.45) is 16.6 Å². The Kier molecular flexibility index (Phi) is 5.99. The molecule has 1 fully saturated rings. The first-order valence-electron chi connectivity index (χ1n) is 9.81. The third kappa shape index (κ3) is 4.58. The first-order valence-corrected chi connectivity index (χ1v) is 9.81. The van der Waals surface area contributed by atoms with Gasteiger partial charge >= 0.3 is 0 Å². The molecule has 0 saturated heterocycles. The molecule has 2 aliphatic carbocycles. The van der Waals surface area contributed by atoms with E-state index in [1.54, 1.807) is 7.05 Å². The lowest BCUT2D eigenvalue weighted by atomic mass is 9.79. The lowest BCUT2D eigenvalue weighted by Crippen LogP contribution is -2.47. The number of nitrogens with two attached hydrogens (primary N) is 1. The van der Waals surface area contributed by atoms with Gasteiger partial charge in [0.15, 0.2) is 11.5 Å². The van der Waals surface area contributed by atoms with E-state index in [9.17, 15) is 9.59 Å². The molecule has 1 heterocycles. The first kappa shape index (κ1) is 19.6. The maximum absolute atomic E-state index is 12.9. The second-order valence-corrected chi connectivity index (χ2v) is 7.86. The minimum atomic E-state index is -0.906. The van der Waals surface area contributed by atoms with Gasteiger partial charge in [-0.2, -0.15) is 0 Å². The van der Waals surface area contributed by atoms with Crippen LogP contribution in [-0.4, -0.2) is 48.0 Å². The van der Waals surface area contributed by atoms with Gasteiger partial charge in [-0.3, -0.25) is 14.5 Å². The third-order valence-corrected chi connectivity index (χ3v) is 5.64. The Morgan fingerprint density at radius 2 is 2.15 bits per heavy atom. The quantitative estimate of drug-likeness (QED) is 0.741. The molecule has 0 radical (unpaired) electrons. The molecule has 2 amide bonds. The number of hydrogen-bond acceptors (Lipinski definition) is 5. The highest BCUT2D eigenvalue weighted by Gasteiger charge is 2.48. The first-order chi connectivity index (χ1) is 12.9. The van der Waals surface area contributed by atoms with Crippen molar-refractivity contribution in [3.63, 3.8) is 0 Å². The number of carbonyl (C=O) groups is 2. The van der Waals surface area contributed by atoms with Crippen molar-refractivity contribution < 1.29 is 14.3 Å². The highest BCUT2D eigenvalue weighted by atomic mass is 16.5. The second kappa shape index (κ2) is 8.25. The molecule has 7 heteroatoms. The summed E-state index contributed by atoms with van der Waals surface area (Å²) in [5.74, 6) is 0.592. The number of aliphatic imine (C=N–C) groups is 1. The maximum atomic E-state index is 12.9. The van der Waals surface area contributed by atoms with Crippen LogP contribution in [0.4, 0.5) is 0 Å². The number of ether oxygens (including phenoxy) is 1. The van der Waals surface area contributed by atoms with Crippen molar-refractivity contribution >= 4 is 17.8 Å². The van der Waals surface area contributed by atoms with Gasteiger partial charge in [0.05, 0.1) is 12.7 Å². The van der Waals surface area contributed by atoms with E-state index in [2.05, 4.69) is 10.3 Å². The van der Waals surface area contributed by atoms with Crippen LogP contribution < -0.4 is 11.1 Å². The molecule has 3 rings (SSSR count). The lowest BCUT2D eigenvalue weighted by Gasteiger charge is -2.32. The van der Waals surface area contributed by atoms with Crippen LogP contribution in [0.5, 0.6) is 0 Å². The summed E-state index contributed by atoms with van der Waals surface area (Å²) in [5.41, 5.74) is 5.83. The molecular weight excluding hydrogens is 344 g/mol. The molecule has 0 aromatic heterocycles. The van der Waals surface area contributed by atoms with Gasteiger partial charge < -0.3 is 15.8 Å². The van der Waals surface area contributed by atoms with E-state index in [4.69, 9.17) is 10.5 Å². The molecule has 0 aromatic rings. The molecule has 2 atom stereocenters. The number of rotatable bonds is 6. The minimum absolute atomic E-state index is 0.0696. The number of nitrogens with one attached hydrogen (secondary N) is 1. The van der Waals surface area contributed by atoms with Gasteiger partial charge in [0.25, 0.3) is 5.91 Å². The molecule has 3 N–H and O–H groups in total. The standard InChI is InChI=1S/C20H30N4O3/c1-14(25)22-16-8-10-17(11-9-16)27-13-20(12-15-6-4-3-5-7-15)18(26)24(2)19(21)23-20/h8-10,15,17H,3-7,11-13H2,1-2H3,(H2,21,23)(H,22,25). The fourth-order valence-corrected chi connectivity index (χ4v) is 4.18. The molecule has 1 saturated carbocycles. The number of nitrogens with zero attached hydrogens (tertiary/aromatic N) is 2. The molecule has 2 unspecified atom stereocenters. The average molecular weight is 374 g/mol. The molecule has 1 aliphatic heterocycles. The molecule has 0 spiro atoms. The van der Waals surface area contributed by atoms with Crippen LogP contribution >= 0.6 is 0 Å². The van der Waals surface area contributed by atoms with E-state index in [-0.39, 0.29) is 30.5 Å². The molecule has 148 valence electrons. The molecule has 3 aliphatic rings. The van der Waals surface area contributed by atoms with Gasteiger partial charge in [0, 0.05) is 19.7 Å². The fraction of sp³-hybridized carbons (Fsp3) is 0.650. The number of allylic oxidation sites excluding steroid dienone is 1. The summed E-state index contributed by atoms with van der Waals surface area (Å²) in [6.07, 6.45) is 12.9. The monoisotopic (exact) mass is 374 g/mol. The highest BCUT2D eigenvalue weighted by Crippen LogP contribution is 2.36. The second-order valence-electron chi connectivity index (χ2n) is 7.86. The van der Waals surface area contributed by atoms with Gasteiger partial charge in [-0.25, -0.2) is 4.99 Å². The van der Waals surface area contributed by atoms with Crippen molar-refractivity contribution in [3.05, 3.63) is 23.9 Å². The van der Waals surface area contributed by atoms with Crippen LogP contribution in [0, 0.1) is 5.92 Å². The normalized spacial score (nSPS) is 28.9. The van der Waals surface area contributed by atoms with Crippen molar-refractivity contribution in [3.8, 4) is 0 Å². The Morgan fingerprint density at radius 3 is 2.70 bits per heavy atom. The number of hydrogen-bond donors (Lipinski definition) is 2. The van der Waals surface area contributed by atoms with E-state index in [1.165, 1.54) is 31.1 Å². The number of likely N-dealkylation sites (N-methyl/N-ethyl adjacent to an activating group) is 1. The largest absolute Gasteiger partial charge is 0.371 e. The molecule has 7 nitrogen and oxygen atoms in total. The van der Waals surface area contributed by atoms with Crippen molar-refractivity contribution in [1.82, 2.24) is 10.2 Å². The Bertz CT molecular complexity index is 679. The summed E-state index contributed by atoms with van der Waals surface area (Å²) in [6, 6.07) is 0. The zero-order valence-electron chi connectivity index (χ0n) is 16.2. The third-order valence-electron chi connectivity index (χ3n) is 5.64. The van der Waals surface area contributed by atoms with Crippen LogP contribution in [0.15, 0.2) is 28.9 Å². The van der Waals surface area contributed by atoms with Crippen LogP contribution in [0.3, 0.4) is 0 Å². The van der Waals surface area contributed by atoms with Gasteiger partial charge in [0.1, 0.15) is 0 Å². The molecule has 0 bridgehead atoms. The van der Waals surface area contributed by atoms with Crippen LogP contribution in [0.25, 0.3) is 0 Å². The van der Waals surface area contributed by atoms with E-state index in [0.29, 0.717) is 18.8 Å². The van der Waals surface area contributed by atoms with Gasteiger partial charge in [-0.15, -0.1) is 0 Å². The van der Waals surface area contributed by atoms with Crippen molar-refractivity contribution in [2.45, 2.75) is 63.5 Å². The summed E-state index contributed by atoms with van der Waals surface area (Å²) in [4.78, 5) is 30.1. The zero-order chi connectivity index (χ0) is 19.4. The SMILES string of the molecule is CC(=O)NC1=CCC(OCC2(CC3CCCCC3)N=C(N)N(C)C2=O)C=C1.